The van der Waals surface area contributed by atoms with E-state index in [9.17, 15) is 4.79 Å². The number of aromatic nitrogens is 1. The van der Waals surface area contributed by atoms with Gasteiger partial charge in [-0.15, -0.1) is 0 Å². The number of esters is 1. The van der Waals surface area contributed by atoms with Gasteiger partial charge in [0.1, 0.15) is 6.61 Å². The monoisotopic (exact) mass is 475 g/mol. The largest absolute Gasteiger partial charge is 0.493 e. The molecule has 0 fully saturated rings. The van der Waals surface area contributed by atoms with E-state index in [1.807, 2.05) is 54.6 Å². The summed E-state index contributed by atoms with van der Waals surface area (Å²) >= 11 is 6.05. The van der Waals surface area contributed by atoms with Gasteiger partial charge in [0.15, 0.2) is 11.5 Å². The Balaban J connectivity index is 1.42. The zero-order valence-corrected chi connectivity index (χ0v) is 19.4. The third kappa shape index (κ3) is 5.44. The number of carbonyl (C=O) groups is 1. The van der Waals surface area contributed by atoms with Gasteiger partial charge in [0.25, 0.3) is 0 Å². The van der Waals surface area contributed by atoms with Crippen LogP contribution in [0, 0.1) is 0 Å². The van der Waals surface area contributed by atoms with E-state index in [0.29, 0.717) is 28.7 Å². The number of anilines is 1. The number of methoxy groups -OCH3 is 2. The normalized spacial score (nSPS) is 10.9. The summed E-state index contributed by atoms with van der Waals surface area (Å²) in [6, 6.07) is 20.0. The predicted molar refractivity (Wildman–Crippen MR) is 133 cm³/mol. The molecular weight excluding hydrogens is 454 g/mol. The molecule has 34 heavy (non-hydrogen) atoms. The van der Waals surface area contributed by atoms with Crippen molar-refractivity contribution in [1.29, 1.82) is 0 Å². The summed E-state index contributed by atoms with van der Waals surface area (Å²) < 4.78 is 16.1. The quantitative estimate of drug-likeness (QED) is 0.200. The van der Waals surface area contributed by atoms with E-state index in [1.165, 1.54) is 7.11 Å². The molecular formula is C26H22ClN3O4. The Hall–Kier alpha value is -4.10. The fourth-order valence-electron chi connectivity index (χ4n) is 3.29. The topological polar surface area (TPSA) is 82.0 Å². The zero-order valence-electron chi connectivity index (χ0n) is 18.6. The SMILES string of the molecule is COC(=O)c1ccc(COc2ccc(C=NNc3ccnc4cc(Cl)ccc34)cc2OC)cc1. The van der Waals surface area contributed by atoms with Crippen molar-refractivity contribution in [2.75, 3.05) is 19.6 Å². The number of hydrogen-bond acceptors (Lipinski definition) is 7. The molecule has 0 saturated heterocycles. The van der Waals surface area contributed by atoms with Crippen LogP contribution in [0.1, 0.15) is 21.5 Å². The lowest BCUT2D eigenvalue weighted by molar-refractivity contribution is 0.0600. The number of halogens is 1. The van der Waals surface area contributed by atoms with Crippen LogP contribution in [0.2, 0.25) is 5.02 Å². The molecule has 4 rings (SSSR count). The number of ether oxygens (including phenoxy) is 3. The Kier molecular flexibility index (Phi) is 7.25. The maximum Gasteiger partial charge on any atom is 0.337 e. The molecule has 1 heterocycles. The number of hydrogen-bond donors (Lipinski definition) is 1. The average Bonchev–Trinajstić information content (AvgIpc) is 2.87. The minimum atomic E-state index is -0.373. The second-order valence-electron chi connectivity index (χ2n) is 7.28. The summed E-state index contributed by atoms with van der Waals surface area (Å²) in [5.41, 5.74) is 6.90. The molecule has 0 aliphatic carbocycles. The van der Waals surface area contributed by atoms with Gasteiger partial charge in [-0.1, -0.05) is 23.7 Å². The molecule has 1 aromatic heterocycles. The second kappa shape index (κ2) is 10.7. The third-order valence-corrected chi connectivity index (χ3v) is 5.30. The van der Waals surface area contributed by atoms with Crippen molar-refractivity contribution >= 4 is 40.4 Å². The molecule has 0 aliphatic heterocycles. The Morgan fingerprint density at radius 1 is 1.03 bits per heavy atom. The first-order chi connectivity index (χ1) is 16.6. The van der Waals surface area contributed by atoms with Crippen molar-refractivity contribution in [2.24, 2.45) is 5.10 Å². The number of benzene rings is 3. The number of rotatable bonds is 8. The first-order valence-corrected chi connectivity index (χ1v) is 10.8. The Morgan fingerprint density at radius 2 is 1.85 bits per heavy atom. The molecule has 7 nitrogen and oxygen atoms in total. The lowest BCUT2D eigenvalue weighted by atomic mass is 10.1. The standard InChI is InChI=1S/C26H22ClN3O4/c1-32-25-13-18(15-29-30-22-11-12-28-23-14-20(27)8-9-21(22)23)5-10-24(25)34-16-17-3-6-19(7-4-17)26(31)33-2/h3-15H,16H2,1-2H3,(H,28,30). The van der Waals surface area contributed by atoms with Crippen LogP contribution >= 0.6 is 11.6 Å². The lowest BCUT2D eigenvalue weighted by Crippen LogP contribution is -2.02. The van der Waals surface area contributed by atoms with E-state index in [1.54, 1.807) is 31.7 Å². The molecule has 0 saturated carbocycles. The van der Waals surface area contributed by atoms with Crippen LogP contribution in [0.4, 0.5) is 5.69 Å². The number of fused-ring (bicyclic) bond motifs is 1. The van der Waals surface area contributed by atoms with Crippen molar-refractivity contribution in [1.82, 2.24) is 4.98 Å². The summed E-state index contributed by atoms with van der Waals surface area (Å²) in [5, 5.41) is 5.90. The summed E-state index contributed by atoms with van der Waals surface area (Å²) in [4.78, 5) is 15.9. The summed E-state index contributed by atoms with van der Waals surface area (Å²) in [6.07, 6.45) is 3.40. The van der Waals surface area contributed by atoms with Crippen LogP contribution in [-0.4, -0.2) is 31.4 Å². The fourth-order valence-corrected chi connectivity index (χ4v) is 3.46. The maximum absolute atomic E-state index is 11.6. The van der Waals surface area contributed by atoms with Crippen LogP contribution in [-0.2, 0) is 11.3 Å². The Morgan fingerprint density at radius 3 is 2.62 bits per heavy atom. The fraction of sp³-hybridized carbons (Fsp3) is 0.115. The second-order valence-corrected chi connectivity index (χ2v) is 7.71. The molecule has 0 spiro atoms. The first-order valence-electron chi connectivity index (χ1n) is 10.4. The van der Waals surface area contributed by atoms with Crippen LogP contribution in [0.15, 0.2) is 78.0 Å². The van der Waals surface area contributed by atoms with Crippen molar-refractivity contribution < 1.29 is 19.0 Å². The molecule has 3 aromatic carbocycles. The highest BCUT2D eigenvalue weighted by molar-refractivity contribution is 6.31. The molecule has 0 amide bonds. The van der Waals surface area contributed by atoms with Gasteiger partial charge in [-0.3, -0.25) is 10.4 Å². The molecule has 0 aliphatic rings. The van der Waals surface area contributed by atoms with Crippen molar-refractivity contribution in [3.05, 3.63) is 94.6 Å². The zero-order chi connectivity index (χ0) is 23.9. The number of nitrogens with one attached hydrogen (secondary N) is 1. The molecule has 8 heteroatoms. The molecule has 0 unspecified atom stereocenters. The van der Waals surface area contributed by atoms with Crippen LogP contribution in [0.3, 0.4) is 0 Å². The Bertz CT molecular complexity index is 1340. The summed E-state index contributed by atoms with van der Waals surface area (Å²) in [6.45, 7) is 0.325. The van der Waals surface area contributed by atoms with Crippen LogP contribution in [0.5, 0.6) is 11.5 Å². The highest BCUT2D eigenvalue weighted by Crippen LogP contribution is 2.29. The average molecular weight is 476 g/mol. The molecule has 172 valence electrons. The van der Waals surface area contributed by atoms with E-state index in [-0.39, 0.29) is 5.97 Å². The maximum atomic E-state index is 11.6. The van der Waals surface area contributed by atoms with Gasteiger partial charge in [0, 0.05) is 16.6 Å². The highest BCUT2D eigenvalue weighted by Gasteiger charge is 2.08. The van der Waals surface area contributed by atoms with E-state index < -0.39 is 0 Å². The molecule has 0 radical (unpaired) electrons. The van der Waals surface area contributed by atoms with E-state index in [2.05, 4.69) is 15.5 Å². The van der Waals surface area contributed by atoms with Gasteiger partial charge in [0.2, 0.25) is 0 Å². The van der Waals surface area contributed by atoms with Gasteiger partial charge in [-0.05, 0) is 65.7 Å². The van der Waals surface area contributed by atoms with Crippen LogP contribution < -0.4 is 14.9 Å². The van der Waals surface area contributed by atoms with E-state index >= 15 is 0 Å². The summed E-state index contributed by atoms with van der Waals surface area (Å²) in [7, 11) is 2.94. The van der Waals surface area contributed by atoms with Crippen molar-refractivity contribution in [2.45, 2.75) is 6.61 Å². The van der Waals surface area contributed by atoms with Crippen LogP contribution in [0.25, 0.3) is 10.9 Å². The number of pyridine rings is 1. The smallest absolute Gasteiger partial charge is 0.337 e. The van der Waals surface area contributed by atoms with Gasteiger partial charge in [-0.25, -0.2) is 4.79 Å². The Labute approximate surface area is 201 Å². The first kappa shape index (κ1) is 23.1. The van der Waals surface area contributed by atoms with E-state index in [0.717, 1.165) is 27.7 Å². The van der Waals surface area contributed by atoms with Gasteiger partial charge >= 0.3 is 5.97 Å². The molecule has 0 bridgehead atoms. The van der Waals surface area contributed by atoms with Gasteiger partial charge in [-0.2, -0.15) is 5.10 Å². The van der Waals surface area contributed by atoms with E-state index in [4.69, 9.17) is 25.8 Å². The summed E-state index contributed by atoms with van der Waals surface area (Å²) in [5.74, 6) is 0.809. The molecule has 1 N–H and O–H groups in total. The molecule has 0 atom stereocenters. The van der Waals surface area contributed by atoms with Gasteiger partial charge in [0.05, 0.1) is 37.2 Å². The third-order valence-electron chi connectivity index (χ3n) is 5.06. The number of carbonyl (C=O) groups excluding carboxylic acids is 1. The minimum absolute atomic E-state index is 0.325. The molecule has 4 aromatic rings. The minimum Gasteiger partial charge on any atom is -0.493 e. The number of nitrogens with zero attached hydrogens (tertiary/aromatic N) is 2. The van der Waals surface area contributed by atoms with Crippen molar-refractivity contribution in [3.63, 3.8) is 0 Å². The predicted octanol–water partition coefficient (Wildman–Crippen LogP) is 5.71. The number of hydrazone groups is 1. The van der Waals surface area contributed by atoms with Gasteiger partial charge < -0.3 is 14.2 Å². The highest BCUT2D eigenvalue weighted by atomic mass is 35.5. The lowest BCUT2D eigenvalue weighted by Gasteiger charge is -2.11. The van der Waals surface area contributed by atoms with Crippen molar-refractivity contribution in [3.8, 4) is 11.5 Å².